The molecule has 1 heterocycles. The number of hydrogen-bond donors (Lipinski definition) is 4. The molecular formula is C31H38N2O7. The summed E-state index contributed by atoms with van der Waals surface area (Å²) in [7, 11) is 0. The van der Waals surface area contributed by atoms with E-state index in [1.165, 1.54) is 36.5 Å². The number of fused-ring (bicyclic) bond motifs is 1. The van der Waals surface area contributed by atoms with Gasteiger partial charge in [0.1, 0.15) is 23.2 Å². The Morgan fingerprint density at radius 3 is 2.55 bits per heavy atom. The molecule has 40 heavy (non-hydrogen) atoms. The van der Waals surface area contributed by atoms with Gasteiger partial charge in [0.2, 0.25) is 11.7 Å². The van der Waals surface area contributed by atoms with Crippen molar-refractivity contribution >= 4 is 23.4 Å². The Hall–Kier alpha value is -3.82. The first kappa shape index (κ1) is 30.7. The van der Waals surface area contributed by atoms with Crippen LogP contribution in [0.15, 0.2) is 83.0 Å². The summed E-state index contributed by atoms with van der Waals surface area (Å²) < 4.78 is 5.39. The van der Waals surface area contributed by atoms with Gasteiger partial charge in [-0.05, 0) is 38.3 Å². The average Bonchev–Trinajstić information content (AvgIpc) is 3.66. The lowest BCUT2D eigenvalue weighted by atomic mass is 9.88. The Kier molecular flexibility index (Phi) is 10.4. The smallest absolute Gasteiger partial charge is 0.251 e. The van der Waals surface area contributed by atoms with Gasteiger partial charge in [-0.2, -0.15) is 0 Å². The number of nitrogens with one attached hydrogen (secondary N) is 2. The summed E-state index contributed by atoms with van der Waals surface area (Å²) in [5.41, 5.74) is -0.310. The second-order valence-electron chi connectivity index (χ2n) is 10.4. The van der Waals surface area contributed by atoms with E-state index in [2.05, 4.69) is 30.6 Å². The molecule has 0 aromatic rings. The van der Waals surface area contributed by atoms with Gasteiger partial charge in [-0.15, -0.1) is 0 Å². The van der Waals surface area contributed by atoms with Gasteiger partial charge >= 0.3 is 0 Å². The van der Waals surface area contributed by atoms with Gasteiger partial charge in [-0.1, -0.05) is 68.7 Å². The molecule has 0 bridgehead atoms. The van der Waals surface area contributed by atoms with Crippen LogP contribution < -0.4 is 10.6 Å². The Morgan fingerprint density at radius 1 is 1.15 bits per heavy atom. The van der Waals surface area contributed by atoms with Crippen molar-refractivity contribution in [2.24, 2.45) is 5.92 Å². The van der Waals surface area contributed by atoms with Crippen LogP contribution in [0.4, 0.5) is 0 Å². The van der Waals surface area contributed by atoms with E-state index in [0.29, 0.717) is 11.5 Å². The lowest BCUT2D eigenvalue weighted by molar-refractivity contribution is -0.121. The number of allylic oxidation sites excluding steroid dienone is 9. The molecule has 1 saturated heterocycles. The van der Waals surface area contributed by atoms with Crippen molar-refractivity contribution in [1.82, 2.24) is 10.6 Å². The number of aliphatic hydroxyl groups excluding tert-OH is 1. The summed E-state index contributed by atoms with van der Waals surface area (Å²) in [6.07, 6.45) is 16.0. The first-order chi connectivity index (χ1) is 18.9. The number of hydrogen-bond acceptors (Lipinski definition) is 7. The minimum Gasteiger partial charge on any atom is -0.510 e. The molecule has 0 saturated carbocycles. The highest BCUT2D eigenvalue weighted by molar-refractivity contribution is 6.07. The standard InChI is InChI=1S/C31H38N2O7/c1-5-6-11-19(2)16-20(3)17-21(4)30(38)32-22-18-31(39,29-28(40-29)27(22)37)15-10-8-7-9-12-25(36)33-26-23(34)13-14-24(26)35/h7-10,12,15-19,28-29,34,39H,5-6,11,13-14H2,1-4H3,(H,32,38)(H,33,36)/b8-7+,12-9+,15-10+,20-16+,21-17+/t19-,28?,29-,31+/m1/s1. The van der Waals surface area contributed by atoms with Crippen LogP contribution in [0.25, 0.3) is 0 Å². The largest absolute Gasteiger partial charge is 0.510 e. The predicted octanol–water partition coefficient (Wildman–Crippen LogP) is 3.70. The van der Waals surface area contributed by atoms with Crippen LogP contribution in [0.3, 0.4) is 0 Å². The van der Waals surface area contributed by atoms with Crippen LogP contribution in [-0.2, 0) is 23.9 Å². The molecule has 1 unspecified atom stereocenters. The molecular weight excluding hydrogens is 512 g/mol. The molecule has 4 N–H and O–H groups in total. The second kappa shape index (κ2) is 13.5. The maximum Gasteiger partial charge on any atom is 0.251 e. The minimum absolute atomic E-state index is 0.0267. The number of ether oxygens (including phenoxy) is 1. The molecule has 214 valence electrons. The zero-order valence-electron chi connectivity index (χ0n) is 23.4. The molecule has 4 atom stereocenters. The van der Waals surface area contributed by atoms with Gasteiger partial charge < -0.3 is 25.6 Å². The second-order valence-corrected chi connectivity index (χ2v) is 10.4. The monoisotopic (exact) mass is 550 g/mol. The number of aliphatic hydroxyl groups is 2. The molecule has 2 aliphatic carbocycles. The van der Waals surface area contributed by atoms with Gasteiger partial charge in [0, 0.05) is 24.5 Å². The van der Waals surface area contributed by atoms with Gasteiger partial charge in [-0.25, -0.2) is 0 Å². The minimum atomic E-state index is -1.61. The topological polar surface area (TPSA) is 145 Å². The molecule has 9 heteroatoms. The molecule has 1 fully saturated rings. The van der Waals surface area contributed by atoms with Crippen molar-refractivity contribution in [3.05, 3.63) is 83.0 Å². The average molecular weight is 551 g/mol. The number of carbonyl (C=O) groups excluding carboxylic acids is 4. The fourth-order valence-corrected chi connectivity index (χ4v) is 4.61. The molecule has 3 rings (SSSR count). The third-order valence-corrected chi connectivity index (χ3v) is 6.81. The van der Waals surface area contributed by atoms with E-state index in [4.69, 9.17) is 4.74 Å². The Labute approximate surface area is 234 Å². The maximum atomic E-state index is 12.8. The third kappa shape index (κ3) is 8.09. The van der Waals surface area contributed by atoms with Crippen molar-refractivity contribution in [2.45, 2.75) is 77.6 Å². The highest BCUT2D eigenvalue weighted by Crippen LogP contribution is 2.40. The normalized spacial score (nSPS) is 26.1. The molecule has 0 aromatic carbocycles. The molecule has 3 aliphatic rings. The maximum absolute atomic E-state index is 12.8. The van der Waals surface area contributed by atoms with Crippen LogP contribution in [0, 0.1) is 5.92 Å². The van der Waals surface area contributed by atoms with E-state index in [9.17, 15) is 29.4 Å². The van der Waals surface area contributed by atoms with E-state index in [0.717, 1.165) is 24.8 Å². The van der Waals surface area contributed by atoms with Crippen molar-refractivity contribution < 1.29 is 34.1 Å². The van der Waals surface area contributed by atoms with Crippen LogP contribution >= 0.6 is 0 Å². The number of unbranched alkanes of at least 4 members (excludes halogenated alkanes) is 1. The zero-order chi connectivity index (χ0) is 29.4. The highest BCUT2D eigenvalue weighted by atomic mass is 16.6. The summed E-state index contributed by atoms with van der Waals surface area (Å²) >= 11 is 0. The molecule has 0 radical (unpaired) electrons. The van der Waals surface area contributed by atoms with E-state index in [-0.39, 0.29) is 35.8 Å². The molecule has 9 nitrogen and oxygen atoms in total. The first-order valence-corrected chi connectivity index (χ1v) is 13.6. The van der Waals surface area contributed by atoms with Gasteiger partial charge in [0.25, 0.3) is 5.91 Å². The lowest BCUT2D eigenvalue weighted by Gasteiger charge is -2.23. The van der Waals surface area contributed by atoms with Gasteiger partial charge in [0.05, 0.1) is 5.70 Å². The van der Waals surface area contributed by atoms with Crippen LogP contribution in [-0.4, -0.2) is 51.4 Å². The van der Waals surface area contributed by atoms with Gasteiger partial charge in [0.15, 0.2) is 11.9 Å². The predicted molar refractivity (Wildman–Crippen MR) is 151 cm³/mol. The highest BCUT2D eigenvalue weighted by Gasteiger charge is 2.59. The number of Topliss-reactive ketones (excluding diaryl/α,β-unsaturated/α-hetero) is 2. The summed E-state index contributed by atoms with van der Waals surface area (Å²) in [6, 6.07) is 0. The van der Waals surface area contributed by atoms with Crippen LogP contribution in [0.2, 0.25) is 0 Å². The van der Waals surface area contributed by atoms with Gasteiger partial charge in [-0.3, -0.25) is 19.2 Å². The van der Waals surface area contributed by atoms with Crippen molar-refractivity contribution in [1.29, 1.82) is 0 Å². The third-order valence-electron chi connectivity index (χ3n) is 6.81. The fourth-order valence-electron chi connectivity index (χ4n) is 4.61. The van der Waals surface area contributed by atoms with Crippen molar-refractivity contribution in [3.8, 4) is 0 Å². The number of epoxide rings is 1. The fraction of sp³-hybridized carbons (Fsp3) is 0.419. The summed E-state index contributed by atoms with van der Waals surface area (Å²) in [4.78, 5) is 49.0. The van der Waals surface area contributed by atoms with Crippen LogP contribution in [0.5, 0.6) is 0 Å². The SMILES string of the molecule is CCCC[C@@H](C)/C=C(C)/C=C(\C)C(=O)NC1=C[C@@](O)(/C=C/C=C/C=C/C(=O)NC2=C(O)CCC2=O)[C@@H]2OC2C1=O. The summed E-state index contributed by atoms with van der Waals surface area (Å²) in [5.74, 6) is -1.43. The van der Waals surface area contributed by atoms with E-state index < -0.39 is 35.4 Å². The molecule has 0 aromatic heterocycles. The van der Waals surface area contributed by atoms with Crippen molar-refractivity contribution in [3.63, 3.8) is 0 Å². The van der Waals surface area contributed by atoms with E-state index >= 15 is 0 Å². The number of rotatable bonds is 12. The number of amides is 2. The van der Waals surface area contributed by atoms with E-state index in [1.54, 1.807) is 19.1 Å². The van der Waals surface area contributed by atoms with E-state index in [1.807, 2.05) is 6.92 Å². The number of ketones is 2. The first-order valence-electron chi connectivity index (χ1n) is 13.6. The lowest BCUT2D eigenvalue weighted by Crippen LogP contribution is -2.42. The summed E-state index contributed by atoms with van der Waals surface area (Å²) in [5, 5.41) is 25.7. The van der Waals surface area contributed by atoms with Crippen molar-refractivity contribution in [2.75, 3.05) is 0 Å². The molecule has 0 spiro atoms. The number of carbonyl (C=O) groups is 4. The van der Waals surface area contributed by atoms with Crippen LogP contribution in [0.1, 0.15) is 59.8 Å². The molecule has 2 amide bonds. The Balaban J connectivity index is 1.60. The molecule has 1 aliphatic heterocycles. The summed E-state index contributed by atoms with van der Waals surface area (Å²) in [6.45, 7) is 7.90. The Morgan fingerprint density at radius 2 is 1.88 bits per heavy atom. The Bertz CT molecular complexity index is 1260. The zero-order valence-corrected chi connectivity index (χ0v) is 23.4. The quantitative estimate of drug-likeness (QED) is 0.165.